The van der Waals surface area contributed by atoms with Crippen molar-refractivity contribution in [1.29, 1.82) is 5.26 Å². The molecule has 2 aromatic carbocycles. The summed E-state index contributed by atoms with van der Waals surface area (Å²) in [6, 6.07) is 14.9. The maximum absolute atomic E-state index is 12.6. The molecule has 20 heavy (non-hydrogen) atoms. The van der Waals surface area contributed by atoms with Gasteiger partial charge in [-0.1, -0.05) is 44.0 Å². The molecule has 0 N–H and O–H groups in total. The molecule has 0 aromatic heterocycles. The fourth-order valence-corrected chi connectivity index (χ4v) is 3.16. The van der Waals surface area contributed by atoms with Gasteiger partial charge >= 0.3 is 0 Å². The summed E-state index contributed by atoms with van der Waals surface area (Å²) in [6.45, 7) is 0. The molecule has 2 nitrogen and oxygen atoms in total. The van der Waals surface area contributed by atoms with E-state index in [0.717, 1.165) is 8.04 Å². The number of carbonyl (C=O) groups excluding carboxylic acids is 1. The van der Waals surface area contributed by atoms with Gasteiger partial charge in [0.1, 0.15) is 5.92 Å². The van der Waals surface area contributed by atoms with E-state index in [4.69, 9.17) is 0 Å². The largest absolute Gasteiger partial charge is 0.292 e. The third-order valence-electron chi connectivity index (χ3n) is 2.77. The van der Waals surface area contributed by atoms with Crippen LogP contribution in [0.15, 0.2) is 51.4 Å². The molecule has 1 unspecified atom stereocenters. The Hall–Kier alpha value is -0.710. The fraction of sp³-hybridized carbons (Fsp3) is 0.0667. The fourth-order valence-electron chi connectivity index (χ4n) is 1.81. The summed E-state index contributed by atoms with van der Waals surface area (Å²) < 4.78 is 2.52. The molecule has 2 rings (SSSR count). The number of nitrogens with zero attached hydrogens (tertiary/aromatic N) is 1. The van der Waals surface area contributed by atoms with Gasteiger partial charge in [-0.2, -0.15) is 5.26 Å². The van der Waals surface area contributed by atoms with E-state index in [1.807, 2.05) is 24.3 Å². The van der Waals surface area contributed by atoms with E-state index in [1.165, 1.54) is 0 Å². The molecule has 0 fully saturated rings. The minimum Gasteiger partial charge on any atom is -0.292 e. The molecule has 0 heterocycles. The summed E-state index contributed by atoms with van der Waals surface area (Å²) in [5.74, 6) is -1.00. The van der Waals surface area contributed by atoms with Crippen LogP contribution in [0.2, 0.25) is 0 Å². The van der Waals surface area contributed by atoms with E-state index < -0.39 is 5.92 Å². The summed E-state index contributed by atoms with van der Waals surface area (Å²) in [5, 5.41) is 9.36. The molecule has 0 saturated heterocycles. The SMILES string of the molecule is N#CC(C(=O)c1cc(I)ccc1Br)c1cccc(Br)c1. The summed E-state index contributed by atoms with van der Waals surface area (Å²) in [7, 11) is 0. The highest BCUT2D eigenvalue weighted by Gasteiger charge is 2.23. The van der Waals surface area contributed by atoms with Gasteiger partial charge < -0.3 is 0 Å². The van der Waals surface area contributed by atoms with Crippen LogP contribution >= 0.6 is 54.5 Å². The second-order valence-electron chi connectivity index (χ2n) is 4.11. The van der Waals surface area contributed by atoms with Crippen LogP contribution in [0.1, 0.15) is 21.8 Å². The van der Waals surface area contributed by atoms with Gasteiger partial charge in [0.2, 0.25) is 0 Å². The van der Waals surface area contributed by atoms with Crippen LogP contribution in [0.4, 0.5) is 0 Å². The number of hydrogen-bond donors (Lipinski definition) is 0. The summed E-state index contributed by atoms with van der Waals surface area (Å²) in [5.41, 5.74) is 1.22. The zero-order chi connectivity index (χ0) is 14.7. The highest BCUT2D eigenvalue weighted by Crippen LogP contribution is 2.28. The summed E-state index contributed by atoms with van der Waals surface area (Å²) >= 11 is 8.88. The van der Waals surface area contributed by atoms with E-state index >= 15 is 0 Å². The first-order chi connectivity index (χ1) is 9.52. The predicted molar refractivity (Wildman–Crippen MR) is 93.7 cm³/mol. The molecular formula is C15H8Br2INO. The van der Waals surface area contributed by atoms with Crippen LogP contribution in [0, 0.1) is 14.9 Å². The first-order valence-corrected chi connectivity index (χ1v) is 8.33. The van der Waals surface area contributed by atoms with Crippen LogP contribution in [0.25, 0.3) is 0 Å². The number of rotatable bonds is 3. The molecule has 0 radical (unpaired) electrons. The number of carbonyl (C=O) groups is 1. The molecule has 5 heteroatoms. The van der Waals surface area contributed by atoms with Crippen LogP contribution in [0.3, 0.4) is 0 Å². The lowest BCUT2D eigenvalue weighted by Gasteiger charge is -2.11. The standard InChI is InChI=1S/C15H8Br2INO/c16-10-3-1-2-9(6-10)13(8-19)15(20)12-7-11(18)4-5-14(12)17/h1-7,13H. The van der Waals surface area contributed by atoms with E-state index in [0.29, 0.717) is 15.6 Å². The monoisotopic (exact) mass is 503 g/mol. The van der Waals surface area contributed by atoms with Crippen LogP contribution < -0.4 is 0 Å². The topological polar surface area (TPSA) is 40.9 Å². The van der Waals surface area contributed by atoms with E-state index in [1.54, 1.807) is 18.2 Å². The molecular weight excluding hydrogens is 497 g/mol. The van der Waals surface area contributed by atoms with Crippen molar-refractivity contribution in [3.63, 3.8) is 0 Å². The highest BCUT2D eigenvalue weighted by atomic mass is 127. The smallest absolute Gasteiger partial charge is 0.185 e. The number of nitriles is 1. The van der Waals surface area contributed by atoms with Gasteiger partial charge in [-0.3, -0.25) is 4.79 Å². The summed E-state index contributed by atoms with van der Waals surface area (Å²) in [4.78, 5) is 12.6. The van der Waals surface area contributed by atoms with Crippen LogP contribution in [-0.4, -0.2) is 5.78 Å². The van der Waals surface area contributed by atoms with Crippen molar-refractivity contribution in [3.8, 4) is 6.07 Å². The first-order valence-electron chi connectivity index (χ1n) is 5.67. The van der Waals surface area contributed by atoms with Crippen molar-refractivity contribution < 1.29 is 4.79 Å². The summed E-state index contributed by atoms with van der Waals surface area (Å²) in [6.07, 6.45) is 0. The molecule has 100 valence electrons. The minimum atomic E-state index is -0.804. The molecule has 1 atom stereocenters. The Morgan fingerprint density at radius 1 is 1.20 bits per heavy atom. The Balaban J connectivity index is 2.45. The third kappa shape index (κ3) is 3.48. The number of halogens is 3. The molecule has 0 amide bonds. The average Bonchev–Trinajstić information content (AvgIpc) is 2.42. The third-order valence-corrected chi connectivity index (χ3v) is 4.62. The maximum atomic E-state index is 12.6. The van der Waals surface area contributed by atoms with Crippen LogP contribution in [0.5, 0.6) is 0 Å². The van der Waals surface area contributed by atoms with Gasteiger partial charge in [-0.15, -0.1) is 0 Å². The van der Waals surface area contributed by atoms with Crippen molar-refractivity contribution in [1.82, 2.24) is 0 Å². The van der Waals surface area contributed by atoms with Crippen molar-refractivity contribution >= 4 is 60.2 Å². The maximum Gasteiger partial charge on any atom is 0.185 e. The van der Waals surface area contributed by atoms with Crippen molar-refractivity contribution in [2.24, 2.45) is 0 Å². The lowest BCUT2D eigenvalue weighted by molar-refractivity contribution is 0.0978. The van der Waals surface area contributed by atoms with E-state index in [-0.39, 0.29) is 5.78 Å². The second kappa shape index (κ2) is 6.83. The molecule has 0 aliphatic heterocycles. The Bertz CT molecular complexity index is 709. The van der Waals surface area contributed by atoms with Gasteiger partial charge in [0.25, 0.3) is 0 Å². The Morgan fingerprint density at radius 3 is 2.60 bits per heavy atom. The lowest BCUT2D eigenvalue weighted by Crippen LogP contribution is -2.12. The Labute approximate surface area is 147 Å². The minimum absolute atomic E-state index is 0.198. The molecule has 0 saturated carbocycles. The Kier molecular flexibility index (Phi) is 5.35. The lowest BCUT2D eigenvalue weighted by atomic mass is 9.92. The number of ketones is 1. The zero-order valence-electron chi connectivity index (χ0n) is 10.1. The quantitative estimate of drug-likeness (QED) is 0.420. The predicted octanol–water partition coefficient (Wildman–Crippen LogP) is 5.31. The molecule has 0 bridgehead atoms. The van der Waals surface area contributed by atoms with Crippen molar-refractivity contribution in [2.75, 3.05) is 0 Å². The van der Waals surface area contributed by atoms with Crippen molar-refractivity contribution in [2.45, 2.75) is 5.92 Å². The number of benzene rings is 2. The van der Waals surface area contributed by atoms with Gasteiger partial charge in [-0.05, 0) is 58.5 Å². The molecule has 0 aliphatic carbocycles. The molecule has 2 aromatic rings. The van der Waals surface area contributed by atoms with Gasteiger partial charge in [-0.25, -0.2) is 0 Å². The first kappa shape index (κ1) is 15.7. The van der Waals surface area contributed by atoms with Crippen molar-refractivity contribution in [3.05, 3.63) is 66.1 Å². The second-order valence-corrected chi connectivity index (χ2v) is 7.12. The molecule has 0 spiro atoms. The Morgan fingerprint density at radius 2 is 1.95 bits per heavy atom. The average molecular weight is 505 g/mol. The van der Waals surface area contributed by atoms with Gasteiger partial charge in [0.15, 0.2) is 5.78 Å². The van der Waals surface area contributed by atoms with E-state index in [9.17, 15) is 10.1 Å². The van der Waals surface area contributed by atoms with Gasteiger partial charge in [0.05, 0.1) is 6.07 Å². The van der Waals surface area contributed by atoms with Gasteiger partial charge in [0, 0.05) is 18.1 Å². The highest BCUT2D eigenvalue weighted by molar-refractivity contribution is 14.1. The normalized spacial score (nSPS) is 11.7. The number of Topliss-reactive ketones (excluding diaryl/α,β-unsaturated/α-hetero) is 1. The van der Waals surface area contributed by atoms with Crippen LogP contribution in [-0.2, 0) is 0 Å². The molecule has 0 aliphatic rings. The van der Waals surface area contributed by atoms with E-state index in [2.05, 4.69) is 60.5 Å². The zero-order valence-corrected chi connectivity index (χ0v) is 15.4. The number of hydrogen-bond acceptors (Lipinski definition) is 2.